The molecule has 0 atom stereocenters. The van der Waals surface area contributed by atoms with Crippen LogP contribution in [0.2, 0.25) is 0 Å². The first-order valence-electron chi connectivity index (χ1n) is 3.70. The molecule has 0 radical (unpaired) electrons. The average Bonchev–Trinajstić information content (AvgIpc) is 2.03. The SMILES string of the molecule is CC(C)(O)c1ccc(N=O)cc1. The van der Waals surface area contributed by atoms with E-state index in [0.29, 0.717) is 5.69 Å². The van der Waals surface area contributed by atoms with Gasteiger partial charge in [0.2, 0.25) is 0 Å². The van der Waals surface area contributed by atoms with Gasteiger partial charge in [0, 0.05) is 0 Å². The van der Waals surface area contributed by atoms with E-state index in [2.05, 4.69) is 5.18 Å². The molecule has 0 aromatic heterocycles. The monoisotopic (exact) mass is 165 g/mol. The zero-order chi connectivity index (χ0) is 9.19. The fraction of sp³-hybridized carbons (Fsp3) is 0.333. The summed E-state index contributed by atoms with van der Waals surface area (Å²) < 4.78 is 0. The summed E-state index contributed by atoms with van der Waals surface area (Å²) >= 11 is 0. The van der Waals surface area contributed by atoms with Crippen LogP contribution in [0.15, 0.2) is 29.4 Å². The molecule has 64 valence electrons. The molecule has 1 aromatic carbocycles. The maximum absolute atomic E-state index is 10.1. The molecule has 0 unspecified atom stereocenters. The van der Waals surface area contributed by atoms with Crippen LogP contribution in [0.5, 0.6) is 0 Å². The van der Waals surface area contributed by atoms with Gasteiger partial charge in [-0.3, -0.25) is 0 Å². The maximum Gasteiger partial charge on any atom is 0.108 e. The Hall–Kier alpha value is -1.22. The number of hydrogen-bond donors (Lipinski definition) is 1. The van der Waals surface area contributed by atoms with Gasteiger partial charge in [-0.1, -0.05) is 12.1 Å². The lowest BCUT2D eigenvalue weighted by molar-refractivity contribution is 0.0786. The molecule has 1 aromatic rings. The molecule has 0 bridgehead atoms. The molecule has 0 aliphatic heterocycles. The lowest BCUT2D eigenvalue weighted by atomic mass is 9.98. The average molecular weight is 165 g/mol. The van der Waals surface area contributed by atoms with Crippen molar-refractivity contribution < 1.29 is 5.11 Å². The van der Waals surface area contributed by atoms with Gasteiger partial charge < -0.3 is 5.11 Å². The van der Waals surface area contributed by atoms with Crippen molar-refractivity contribution in [3.63, 3.8) is 0 Å². The Kier molecular flexibility index (Phi) is 2.24. The van der Waals surface area contributed by atoms with Crippen LogP contribution in [0.3, 0.4) is 0 Å². The molecule has 1 rings (SSSR count). The fourth-order valence-corrected chi connectivity index (χ4v) is 0.930. The van der Waals surface area contributed by atoms with Crippen LogP contribution < -0.4 is 0 Å². The maximum atomic E-state index is 10.1. The quantitative estimate of drug-likeness (QED) is 0.683. The van der Waals surface area contributed by atoms with E-state index < -0.39 is 5.60 Å². The molecular weight excluding hydrogens is 154 g/mol. The van der Waals surface area contributed by atoms with Crippen LogP contribution in [0.4, 0.5) is 5.69 Å². The standard InChI is InChI=1S/C9H11NO2/c1-9(2,11)7-3-5-8(10-12)6-4-7/h3-6,11H,1-2H3. The van der Waals surface area contributed by atoms with Gasteiger partial charge >= 0.3 is 0 Å². The summed E-state index contributed by atoms with van der Waals surface area (Å²) in [4.78, 5) is 10.1. The summed E-state index contributed by atoms with van der Waals surface area (Å²) in [6.07, 6.45) is 0. The van der Waals surface area contributed by atoms with Gasteiger partial charge in [0.05, 0.1) is 5.60 Å². The predicted octanol–water partition coefficient (Wildman–Crippen LogP) is 2.31. The minimum absolute atomic E-state index is 0.378. The van der Waals surface area contributed by atoms with Crippen LogP contribution in [-0.4, -0.2) is 5.11 Å². The molecule has 0 heterocycles. The highest BCUT2D eigenvalue weighted by Crippen LogP contribution is 2.21. The molecule has 0 amide bonds. The van der Waals surface area contributed by atoms with Crippen molar-refractivity contribution in [3.8, 4) is 0 Å². The second-order valence-electron chi connectivity index (χ2n) is 3.20. The summed E-state index contributed by atoms with van der Waals surface area (Å²) in [5.74, 6) is 0. The Morgan fingerprint density at radius 1 is 1.25 bits per heavy atom. The highest BCUT2D eigenvalue weighted by atomic mass is 16.3. The zero-order valence-electron chi connectivity index (χ0n) is 7.11. The van der Waals surface area contributed by atoms with Crippen molar-refractivity contribution in [1.29, 1.82) is 0 Å². The summed E-state index contributed by atoms with van der Waals surface area (Å²) in [6.45, 7) is 3.38. The normalized spacial score (nSPS) is 11.2. The molecule has 3 nitrogen and oxygen atoms in total. The van der Waals surface area contributed by atoms with Crippen molar-refractivity contribution in [2.45, 2.75) is 19.4 Å². The number of rotatable bonds is 2. The van der Waals surface area contributed by atoms with Gasteiger partial charge in [-0.15, -0.1) is 4.91 Å². The number of hydrogen-bond acceptors (Lipinski definition) is 3. The molecule has 0 fully saturated rings. The molecule has 0 aliphatic rings. The Morgan fingerprint density at radius 2 is 1.75 bits per heavy atom. The molecule has 0 saturated carbocycles. The van der Waals surface area contributed by atoms with Gasteiger partial charge in [0.25, 0.3) is 0 Å². The Labute approximate surface area is 71.0 Å². The van der Waals surface area contributed by atoms with Crippen molar-refractivity contribution in [2.75, 3.05) is 0 Å². The molecule has 0 aliphatic carbocycles. The van der Waals surface area contributed by atoms with E-state index in [1.165, 1.54) is 0 Å². The van der Waals surface area contributed by atoms with Crippen LogP contribution >= 0.6 is 0 Å². The third kappa shape index (κ3) is 1.89. The van der Waals surface area contributed by atoms with Crippen molar-refractivity contribution >= 4 is 5.69 Å². The summed E-state index contributed by atoms with van der Waals surface area (Å²) in [6, 6.07) is 6.55. The molecule has 12 heavy (non-hydrogen) atoms. The molecule has 1 N–H and O–H groups in total. The third-order valence-corrected chi connectivity index (χ3v) is 1.68. The summed E-state index contributed by atoms with van der Waals surface area (Å²) in [5, 5.41) is 12.3. The van der Waals surface area contributed by atoms with E-state index in [9.17, 15) is 10.0 Å². The van der Waals surface area contributed by atoms with Gasteiger partial charge in [-0.25, -0.2) is 0 Å². The van der Waals surface area contributed by atoms with Crippen LogP contribution in [0, 0.1) is 4.91 Å². The lowest BCUT2D eigenvalue weighted by Gasteiger charge is -2.17. The van der Waals surface area contributed by atoms with E-state index in [1.807, 2.05) is 0 Å². The number of nitroso groups, excluding NO2 is 1. The van der Waals surface area contributed by atoms with Crippen LogP contribution in [-0.2, 0) is 5.60 Å². The second-order valence-corrected chi connectivity index (χ2v) is 3.20. The van der Waals surface area contributed by atoms with E-state index >= 15 is 0 Å². The third-order valence-electron chi connectivity index (χ3n) is 1.68. The van der Waals surface area contributed by atoms with Crippen molar-refractivity contribution in [2.24, 2.45) is 5.18 Å². The van der Waals surface area contributed by atoms with Crippen LogP contribution in [0.25, 0.3) is 0 Å². The first-order valence-corrected chi connectivity index (χ1v) is 3.70. The van der Waals surface area contributed by atoms with E-state index in [0.717, 1.165) is 5.56 Å². The minimum Gasteiger partial charge on any atom is -0.386 e. The van der Waals surface area contributed by atoms with Gasteiger partial charge in [-0.2, -0.15) is 0 Å². The largest absolute Gasteiger partial charge is 0.386 e. The van der Waals surface area contributed by atoms with Gasteiger partial charge in [0.15, 0.2) is 0 Å². The zero-order valence-corrected chi connectivity index (χ0v) is 7.11. The molecule has 0 spiro atoms. The molecular formula is C9H11NO2. The first kappa shape index (κ1) is 8.87. The number of aliphatic hydroxyl groups is 1. The smallest absolute Gasteiger partial charge is 0.108 e. The van der Waals surface area contributed by atoms with Gasteiger partial charge in [-0.05, 0) is 36.7 Å². The predicted molar refractivity (Wildman–Crippen MR) is 47.1 cm³/mol. The minimum atomic E-state index is -0.860. The van der Waals surface area contributed by atoms with Gasteiger partial charge in [0.1, 0.15) is 5.69 Å². The van der Waals surface area contributed by atoms with E-state index in [1.54, 1.807) is 38.1 Å². The highest BCUT2D eigenvalue weighted by Gasteiger charge is 2.14. The second kappa shape index (κ2) is 3.03. The molecule has 3 heteroatoms. The first-order chi connectivity index (χ1) is 5.54. The summed E-state index contributed by atoms with van der Waals surface area (Å²) in [7, 11) is 0. The fourth-order valence-electron chi connectivity index (χ4n) is 0.930. The van der Waals surface area contributed by atoms with E-state index in [-0.39, 0.29) is 0 Å². The van der Waals surface area contributed by atoms with E-state index in [4.69, 9.17) is 0 Å². The highest BCUT2D eigenvalue weighted by molar-refractivity contribution is 5.39. The summed E-state index contributed by atoms with van der Waals surface area (Å²) in [5.41, 5.74) is 0.291. The van der Waals surface area contributed by atoms with Crippen LogP contribution in [0.1, 0.15) is 19.4 Å². The Morgan fingerprint density at radius 3 is 2.08 bits per heavy atom. The van der Waals surface area contributed by atoms with Crippen molar-refractivity contribution in [1.82, 2.24) is 0 Å². The number of benzene rings is 1. The Balaban J connectivity index is 3.00. The molecule has 0 saturated heterocycles. The number of nitrogens with zero attached hydrogens (tertiary/aromatic N) is 1. The Bertz CT molecular complexity index is 272. The lowest BCUT2D eigenvalue weighted by Crippen LogP contribution is -2.14. The topological polar surface area (TPSA) is 49.7 Å². The van der Waals surface area contributed by atoms with Crippen molar-refractivity contribution in [3.05, 3.63) is 34.7 Å².